The van der Waals surface area contributed by atoms with Gasteiger partial charge in [0.2, 0.25) is 5.91 Å². The van der Waals surface area contributed by atoms with Crippen LogP contribution in [-0.4, -0.2) is 34.0 Å². The van der Waals surface area contributed by atoms with Crippen molar-refractivity contribution in [3.8, 4) is 0 Å². The van der Waals surface area contributed by atoms with E-state index in [9.17, 15) is 4.79 Å². The lowest BCUT2D eigenvalue weighted by Gasteiger charge is -2.24. The number of benzene rings is 1. The van der Waals surface area contributed by atoms with Crippen LogP contribution in [0.5, 0.6) is 0 Å². The van der Waals surface area contributed by atoms with E-state index in [1.807, 2.05) is 42.7 Å². The largest absolute Gasteiger partial charge is 0.352 e. The van der Waals surface area contributed by atoms with Crippen LogP contribution in [0.25, 0.3) is 10.9 Å². The minimum absolute atomic E-state index is 0.116. The monoisotopic (exact) mass is 362 g/mol. The molecule has 0 spiro atoms. The average molecular weight is 362 g/mol. The first-order valence-electron chi connectivity index (χ1n) is 9.65. The number of rotatable bonds is 6. The quantitative estimate of drug-likeness (QED) is 0.733. The Morgan fingerprint density at radius 1 is 1.22 bits per heavy atom. The van der Waals surface area contributed by atoms with Crippen molar-refractivity contribution in [1.82, 2.24) is 19.8 Å². The van der Waals surface area contributed by atoms with Crippen molar-refractivity contribution in [1.29, 1.82) is 0 Å². The van der Waals surface area contributed by atoms with E-state index in [1.165, 1.54) is 22.2 Å². The van der Waals surface area contributed by atoms with Gasteiger partial charge in [0.05, 0.1) is 5.52 Å². The Balaban J connectivity index is 1.40. The van der Waals surface area contributed by atoms with Crippen LogP contribution in [-0.2, 0) is 30.8 Å². The van der Waals surface area contributed by atoms with E-state index < -0.39 is 0 Å². The highest BCUT2D eigenvalue weighted by Crippen LogP contribution is 2.30. The van der Waals surface area contributed by atoms with Crippen molar-refractivity contribution in [2.24, 2.45) is 0 Å². The second-order valence-corrected chi connectivity index (χ2v) is 7.32. The summed E-state index contributed by atoms with van der Waals surface area (Å²) in [5.74, 6) is 0.116. The van der Waals surface area contributed by atoms with E-state index in [4.69, 9.17) is 0 Å². The molecule has 27 heavy (non-hydrogen) atoms. The van der Waals surface area contributed by atoms with E-state index >= 15 is 0 Å². The van der Waals surface area contributed by atoms with E-state index in [0.717, 1.165) is 38.0 Å². The minimum Gasteiger partial charge on any atom is -0.352 e. The van der Waals surface area contributed by atoms with Gasteiger partial charge in [-0.25, -0.2) is 0 Å². The van der Waals surface area contributed by atoms with Gasteiger partial charge in [0.1, 0.15) is 0 Å². The fourth-order valence-electron chi connectivity index (χ4n) is 3.96. The summed E-state index contributed by atoms with van der Waals surface area (Å²) >= 11 is 0. The molecule has 1 N–H and O–H groups in total. The molecule has 0 unspecified atom stereocenters. The van der Waals surface area contributed by atoms with Gasteiger partial charge in [-0.3, -0.25) is 9.78 Å². The predicted molar refractivity (Wildman–Crippen MR) is 107 cm³/mol. The van der Waals surface area contributed by atoms with E-state index in [-0.39, 0.29) is 5.91 Å². The predicted octanol–water partition coefficient (Wildman–Crippen LogP) is 3.12. The number of amides is 1. The topological polar surface area (TPSA) is 50.2 Å². The Morgan fingerprint density at radius 2 is 2.07 bits per heavy atom. The van der Waals surface area contributed by atoms with Crippen LogP contribution in [0.3, 0.4) is 0 Å². The fraction of sp³-hybridized carbons (Fsp3) is 0.364. The Kier molecular flexibility index (Phi) is 5.21. The molecule has 5 heteroatoms. The van der Waals surface area contributed by atoms with Crippen molar-refractivity contribution < 1.29 is 4.79 Å². The molecule has 0 saturated carbocycles. The Morgan fingerprint density at radius 3 is 2.93 bits per heavy atom. The lowest BCUT2D eigenvalue weighted by Crippen LogP contribution is -2.27. The molecule has 5 nitrogen and oxygen atoms in total. The van der Waals surface area contributed by atoms with Gasteiger partial charge in [-0.2, -0.15) is 0 Å². The average Bonchev–Trinajstić information content (AvgIpc) is 3.00. The molecule has 4 rings (SSSR count). The molecular formula is C22H26N4O. The molecule has 0 atom stereocenters. The highest BCUT2D eigenvalue weighted by atomic mass is 16.1. The van der Waals surface area contributed by atoms with Gasteiger partial charge < -0.3 is 14.8 Å². The van der Waals surface area contributed by atoms with Crippen LogP contribution >= 0.6 is 0 Å². The van der Waals surface area contributed by atoms with Crippen molar-refractivity contribution >= 4 is 16.8 Å². The summed E-state index contributed by atoms with van der Waals surface area (Å²) in [7, 11) is 2.17. The number of carbonyl (C=O) groups is 1. The van der Waals surface area contributed by atoms with Crippen LogP contribution in [0.2, 0.25) is 0 Å². The summed E-state index contributed by atoms with van der Waals surface area (Å²) < 4.78 is 2.41. The Hall–Kier alpha value is -2.66. The molecule has 0 aliphatic carbocycles. The fourth-order valence-corrected chi connectivity index (χ4v) is 3.96. The summed E-state index contributed by atoms with van der Waals surface area (Å²) in [4.78, 5) is 18.9. The number of likely N-dealkylation sites (N-methyl/N-ethyl adjacent to an activating group) is 1. The maximum absolute atomic E-state index is 12.2. The zero-order chi connectivity index (χ0) is 18.6. The molecule has 0 fully saturated rings. The van der Waals surface area contributed by atoms with Gasteiger partial charge >= 0.3 is 0 Å². The number of pyridine rings is 1. The third-order valence-electron chi connectivity index (χ3n) is 5.36. The lowest BCUT2D eigenvalue weighted by atomic mass is 10.1. The number of carbonyl (C=O) groups excluding carboxylic acids is 1. The third kappa shape index (κ3) is 3.88. The first-order chi connectivity index (χ1) is 13.2. The SMILES string of the molecule is CN1CCc2c(c3cnccc3n2CCCC(=O)NCc2ccccc2)C1. The van der Waals surface area contributed by atoms with E-state index in [1.54, 1.807) is 0 Å². The Bertz CT molecular complexity index is 932. The maximum Gasteiger partial charge on any atom is 0.220 e. The van der Waals surface area contributed by atoms with Crippen LogP contribution < -0.4 is 5.32 Å². The standard InChI is InChI=1S/C22H26N4O/c1-25-13-10-21-19(16-25)18-15-23-11-9-20(18)26(21)12-5-8-22(27)24-14-17-6-3-2-4-7-17/h2-4,6-7,9,11,15H,5,8,10,12-14,16H2,1H3,(H,24,27). The maximum atomic E-state index is 12.2. The molecular weight excluding hydrogens is 336 g/mol. The van der Waals surface area contributed by atoms with Gasteiger partial charge in [0.15, 0.2) is 0 Å². The van der Waals surface area contributed by atoms with Crippen LogP contribution in [0.1, 0.15) is 29.7 Å². The number of aromatic nitrogens is 2. The normalized spacial score (nSPS) is 14.3. The molecule has 1 aliphatic rings. The van der Waals surface area contributed by atoms with Gasteiger partial charge in [0, 0.05) is 62.5 Å². The third-order valence-corrected chi connectivity index (χ3v) is 5.36. The number of hydrogen-bond acceptors (Lipinski definition) is 3. The number of hydrogen-bond donors (Lipinski definition) is 1. The van der Waals surface area contributed by atoms with Crippen molar-refractivity contribution in [3.05, 3.63) is 65.6 Å². The molecule has 3 aromatic rings. The smallest absolute Gasteiger partial charge is 0.220 e. The highest BCUT2D eigenvalue weighted by Gasteiger charge is 2.22. The molecule has 1 amide bonds. The highest BCUT2D eigenvalue weighted by molar-refractivity contribution is 5.85. The van der Waals surface area contributed by atoms with Crippen LogP contribution in [0, 0.1) is 0 Å². The summed E-state index contributed by atoms with van der Waals surface area (Å²) in [6, 6.07) is 12.1. The summed E-state index contributed by atoms with van der Waals surface area (Å²) in [5, 5.41) is 4.28. The molecule has 0 bridgehead atoms. The first-order valence-corrected chi connectivity index (χ1v) is 9.65. The van der Waals surface area contributed by atoms with Crippen LogP contribution in [0.4, 0.5) is 0 Å². The molecule has 1 aromatic carbocycles. The van der Waals surface area contributed by atoms with E-state index in [2.05, 4.69) is 32.9 Å². The number of fused-ring (bicyclic) bond motifs is 3. The molecule has 3 heterocycles. The minimum atomic E-state index is 0.116. The number of aryl methyl sites for hydroxylation is 1. The molecule has 0 radical (unpaired) electrons. The van der Waals surface area contributed by atoms with Crippen molar-refractivity contribution in [2.45, 2.75) is 38.9 Å². The lowest BCUT2D eigenvalue weighted by molar-refractivity contribution is -0.121. The molecule has 0 saturated heterocycles. The Labute approximate surface area is 160 Å². The van der Waals surface area contributed by atoms with Crippen molar-refractivity contribution in [2.75, 3.05) is 13.6 Å². The zero-order valence-corrected chi connectivity index (χ0v) is 15.8. The van der Waals surface area contributed by atoms with Gasteiger partial charge in [0.25, 0.3) is 0 Å². The number of nitrogens with one attached hydrogen (secondary N) is 1. The summed E-state index contributed by atoms with van der Waals surface area (Å²) in [6.45, 7) is 3.52. The first kappa shape index (κ1) is 17.7. The van der Waals surface area contributed by atoms with Gasteiger partial charge in [-0.05, 0) is 30.7 Å². The summed E-state index contributed by atoms with van der Waals surface area (Å²) in [6.07, 6.45) is 6.29. The van der Waals surface area contributed by atoms with Crippen molar-refractivity contribution in [3.63, 3.8) is 0 Å². The summed E-state index contributed by atoms with van der Waals surface area (Å²) in [5.41, 5.74) is 5.20. The van der Waals surface area contributed by atoms with Gasteiger partial charge in [-0.15, -0.1) is 0 Å². The molecule has 140 valence electrons. The van der Waals surface area contributed by atoms with E-state index in [0.29, 0.717) is 13.0 Å². The second-order valence-electron chi connectivity index (χ2n) is 7.32. The van der Waals surface area contributed by atoms with Gasteiger partial charge in [-0.1, -0.05) is 30.3 Å². The zero-order valence-electron chi connectivity index (χ0n) is 15.8. The number of nitrogens with zero attached hydrogens (tertiary/aromatic N) is 3. The molecule has 2 aromatic heterocycles. The van der Waals surface area contributed by atoms with Crippen LogP contribution in [0.15, 0.2) is 48.8 Å². The second kappa shape index (κ2) is 7.92. The molecule has 1 aliphatic heterocycles.